The van der Waals surface area contributed by atoms with Gasteiger partial charge in [0, 0.05) is 10.8 Å². The molecule has 0 bridgehead atoms. The van der Waals surface area contributed by atoms with E-state index in [2.05, 4.69) is 103 Å². The van der Waals surface area contributed by atoms with E-state index in [1.807, 2.05) is 30.3 Å². The third-order valence-electron chi connectivity index (χ3n) is 8.77. The zero-order valence-electron chi connectivity index (χ0n) is 29.2. The largest absolute Gasteiger partial charge is 0.456 e. The summed E-state index contributed by atoms with van der Waals surface area (Å²) < 4.78 is 47.8. The number of furan rings is 1. The highest BCUT2D eigenvalue weighted by molar-refractivity contribution is 6.25. The highest BCUT2D eigenvalue weighted by atomic mass is 16.3. The Balaban J connectivity index is 1.28. The summed E-state index contributed by atoms with van der Waals surface area (Å²) in [5.74, 6) is 0. The molecule has 0 aliphatic carbocycles. The lowest BCUT2D eigenvalue weighted by atomic mass is 9.84. The zero-order valence-corrected chi connectivity index (χ0v) is 24.2. The maximum Gasteiger partial charge on any atom is 0.136 e. The number of fused-ring (bicyclic) bond motifs is 5. The smallest absolute Gasteiger partial charge is 0.136 e. The van der Waals surface area contributed by atoms with Crippen LogP contribution in [0.25, 0.3) is 88.0 Å². The number of hydrogen-bond donors (Lipinski definition) is 0. The summed E-state index contributed by atoms with van der Waals surface area (Å²) in [6.07, 6.45) is 0. The quantitative estimate of drug-likeness (QED) is 0.190. The van der Waals surface area contributed by atoms with Gasteiger partial charge in [-0.2, -0.15) is 0 Å². The summed E-state index contributed by atoms with van der Waals surface area (Å²) in [5, 5.41) is 6.42. The molecule has 0 saturated heterocycles. The molecule has 210 valence electrons. The number of hydrogen-bond acceptors (Lipinski definition) is 1. The predicted molar refractivity (Wildman–Crippen MR) is 190 cm³/mol. The van der Waals surface area contributed by atoms with Crippen molar-refractivity contribution in [3.8, 4) is 44.5 Å². The van der Waals surface area contributed by atoms with Gasteiger partial charge in [-0.1, -0.05) is 152 Å². The van der Waals surface area contributed by atoms with Crippen molar-refractivity contribution in [2.75, 3.05) is 0 Å². The van der Waals surface area contributed by atoms with Gasteiger partial charge in [-0.15, -0.1) is 0 Å². The van der Waals surface area contributed by atoms with E-state index in [9.17, 15) is 0 Å². The molecule has 0 amide bonds. The zero-order chi connectivity index (χ0) is 34.1. The normalized spacial score (nSPS) is 13.1. The molecule has 9 aromatic rings. The molecule has 0 atom stereocenters. The highest BCUT2D eigenvalue weighted by Crippen LogP contribution is 2.47. The Morgan fingerprint density at radius 3 is 1.64 bits per heavy atom. The molecule has 1 heterocycles. The van der Waals surface area contributed by atoms with Crippen molar-refractivity contribution in [2.24, 2.45) is 0 Å². The number of rotatable bonds is 4. The molecule has 0 spiro atoms. The van der Waals surface area contributed by atoms with Crippen LogP contribution in [0, 0.1) is 0 Å². The van der Waals surface area contributed by atoms with Crippen LogP contribution < -0.4 is 0 Å². The summed E-state index contributed by atoms with van der Waals surface area (Å²) in [5.41, 5.74) is 8.81. The topological polar surface area (TPSA) is 13.1 Å². The lowest BCUT2D eigenvalue weighted by Gasteiger charge is -2.18. The minimum atomic E-state index is -0.409. The van der Waals surface area contributed by atoms with E-state index in [4.69, 9.17) is 11.3 Å². The Kier molecular flexibility index (Phi) is 4.81. The Hall–Kier alpha value is -5.92. The Morgan fingerprint density at radius 2 is 0.956 bits per heavy atom. The molecule has 45 heavy (non-hydrogen) atoms. The van der Waals surface area contributed by atoms with Crippen LogP contribution in [0.2, 0.25) is 0 Å². The fraction of sp³-hybridized carbons (Fsp3) is 0. The highest BCUT2D eigenvalue weighted by Gasteiger charge is 2.20. The first-order chi connectivity index (χ1) is 24.4. The third kappa shape index (κ3) is 4.17. The molecule has 1 heteroatoms. The summed E-state index contributed by atoms with van der Waals surface area (Å²) in [7, 11) is 0. The molecule has 0 saturated carbocycles. The van der Waals surface area contributed by atoms with Crippen LogP contribution in [-0.2, 0) is 0 Å². The molecule has 0 fully saturated rings. The molecule has 0 aliphatic heterocycles. The maximum absolute atomic E-state index is 8.51. The first-order valence-corrected chi connectivity index (χ1v) is 15.0. The van der Waals surface area contributed by atoms with E-state index in [-0.39, 0.29) is 29.7 Å². The first kappa shape index (κ1) is 20.9. The minimum Gasteiger partial charge on any atom is -0.456 e. The van der Waals surface area contributed by atoms with Gasteiger partial charge in [0.05, 0.1) is 6.85 Å². The van der Waals surface area contributed by atoms with Gasteiger partial charge in [-0.25, -0.2) is 0 Å². The lowest BCUT2D eigenvalue weighted by Crippen LogP contribution is -1.91. The SMILES string of the molecule is [2H]c1c([2H])c([2H])c(-c2ccc3c(c2)oc2cccc(-c4c5ccccc5c(-c5ccc(-c6ccccc6)cc5)c5ccccc45)c23)c([2H])c1[2H]. The maximum atomic E-state index is 8.51. The molecule has 9 rings (SSSR count). The molecule has 0 unspecified atom stereocenters. The second-order valence-electron chi connectivity index (χ2n) is 11.3. The van der Waals surface area contributed by atoms with E-state index in [1.165, 1.54) is 16.7 Å². The van der Waals surface area contributed by atoms with Crippen LogP contribution in [0.15, 0.2) is 174 Å². The molecule has 0 radical (unpaired) electrons. The van der Waals surface area contributed by atoms with E-state index in [0.29, 0.717) is 16.7 Å². The third-order valence-corrected chi connectivity index (χ3v) is 8.77. The van der Waals surface area contributed by atoms with Crippen molar-refractivity contribution in [2.45, 2.75) is 0 Å². The van der Waals surface area contributed by atoms with Crippen molar-refractivity contribution >= 4 is 43.5 Å². The van der Waals surface area contributed by atoms with Crippen molar-refractivity contribution in [3.63, 3.8) is 0 Å². The van der Waals surface area contributed by atoms with Crippen molar-refractivity contribution in [1.29, 1.82) is 0 Å². The average Bonchev–Trinajstić information content (AvgIpc) is 3.54. The molecular formula is C44H28O. The Morgan fingerprint density at radius 1 is 0.378 bits per heavy atom. The van der Waals surface area contributed by atoms with Gasteiger partial charge >= 0.3 is 0 Å². The Labute approximate surface area is 268 Å². The van der Waals surface area contributed by atoms with E-state index in [0.717, 1.165) is 49.0 Å². The molecule has 0 N–H and O–H groups in total. The van der Waals surface area contributed by atoms with Crippen LogP contribution >= 0.6 is 0 Å². The average molecular weight is 578 g/mol. The van der Waals surface area contributed by atoms with Crippen molar-refractivity contribution in [3.05, 3.63) is 170 Å². The van der Waals surface area contributed by atoms with Crippen LogP contribution in [0.5, 0.6) is 0 Å². The second kappa shape index (κ2) is 10.4. The van der Waals surface area contributed by atoms with Crippen molar-refractivity contribution < 1.29 is 11.3 Å². The van der Waals surface area contributed by atoms with Gasteiger partial charge < -0.3 is 4.42 Å². The van der Waals surface area contributed by atoms with E-state index in [1.54, 1.807) is 6.07 Å². The molecular weight excluding hydrogens is 544 g/mol. The van der Waals surface area contributed by atoms with Crippen LogP contribution in [0.1, 0.15) is 6.85 Å². The standard InChI is InChI=1S/C44H28O/c1-3-12-29(13-4-1)31-22-24-32(25-23-31)42-34-16-7-9-18-36(34)43(37-19-10-8-17-35(37)42)39-20-11-21-40-44(39)38-27-26-33(28-41(38)45-40)30-14-5-2-6-15-30/h1-28H/i2D,5D,6D,14D,15D. The molecule has 1 nitrogen and oxygen atoms in total. The molecule has 1 aromatic heterocycles. The Bertz CT molecular complexity index is 2720. The fourth-order valence-corrected chi connectivity index (χ4v) is 6.77. The van der Waals surface area contributed by atoms with Gasteiger partial charge in [0.1, 0.15) is 11.2 Å². The van der Waals surface area contributed by atoms with Gasteiger partial charge in [0.15, 0.2) is 0 Å². The van der Waals surface area contributed by atoms with Crippen LogP contribution in [0.4, 0.5) is 0 Å². The van der Waals surface area contributed by atoms with E-state index < -0.39 is 6.04 Å². The van der Waals surface area contributed by atoms with Crippen molar-refractivity contribution in [1.82, 2.24) is 0 Å². The predicted octanol–water partition coefficient (Wildman–Crippen LogP) is 12.6. The first-order valence-electron chi connectivity index (χ1n) is 17.5. The summed E-state index contributed by atoms with van der Waals surface area (Å²) >= 11 is 0. The monoisotopic (exact) mass is 577 g/mol. The molecule has 0 aliphatic rings. The molecule has 8 aromatic carbocycles. The van der Waals surface area contributed by atoms with Crippen LogP contribution in [-0.4, -0.2) is 0 Å². The summed E-state index contributed by atoms with van der Waals surface area (Å²) in [6, 6.07) is 46.4. The fourth-order valence-electron chi connectivity index (χ4n) is 6.77. The lowest BCUT2D eigenvalue weighted by molar-refractivity contribution is 0.669. The van der Waals surface area contributed by atoms with Gasteiger partial charge in [-0.05, 0) is 84.3 Å². The van der Waals surface area contributed by atoms with Gasteiger partial charge in [0.2, 0.25) is 0 Å². The number of benzene rings is 8. The summed E-state index contributed by atoms with van der Waals surface area (Å²) in [4.78, 5) is 0. The second-order valence-corrected chi connectivity index (χ2v) is 11.3. The van der Waals surface area contributed by atoms with Gasteiger partial charge in [-0.3, -0.25) is 0 Å². The summed E-state index contributed by atoms with van der Waals surface area (Å²) in [6.45, 7) is 0. The van der Waals surface area contributed by atoms with Crippen LogP contribution in [0.3, 0.4) is 0 Å². The minimum absolute atomic E-state index is 0.156. The van der Waals surface area contributed by atoms with E-state index >= 15 is 0 Å². The van der Waals surface area contributed by atoms with Gasteiger partial charge in [0.25, 0.3) is 0 Å².